The van der Waals surface area contributed by atoms with E-state index in [0.717, 1.165) is 30.7 Å². The Morgan fingerprint density at radius 2 is 2.29 bits per heavy atom. The Morgan fingerprint density at radius 1 is 1.46 bits per heavy atom. The molecule has 7 heteroatoms. The zero-order valence-electron chi connectivity index (χ0n) is 13.6. The fourth-order valence-electron chi connectivity index (χ4n) is 2.67. The summed E-state index contributed by atoms with van der Waals surface area (Å²) in [5.41, 5.74) is 1.77. The molecule has 0 saturated carbocycles. The third-order valence-corrected chi connectivity index (χ3v) is 5.15. The number of amides is 2. The van der Waals surface area contributed by atoms with Gasteiger partial charge in [-0.15, -0.1) is 0 Å². The molecular weight excluding hydrogens is 326 g/mol. The number of ether oxygens (including phenoxy) is 1. The molecule has 2 fully saturated rings. The van der Waals surface area contributed by atoms with Crippen LogP contribution in [0.4, 0.5) is 5.69 Å². The molecule has 0 aromatic heterocycles. The van der Waals surface area contributed by atoms with Gasteiger partial charge in [0.25, 0.3) is 0 Å². The number of anilines is 1. The normalized spacial score (nSPS) is 25.0. The number of rotatable bonds is 5. The highest BCUT2D eigenvalue weighted by atomic mass is 32.2. The van der Waals surface area contributed by atoms with E-state index in [2.05, 4.69) is 15.6 Å². The summed E-state index contributed by atoms with van der Waals surface area (Å²) in [7, 11) is 0. The molecule has 2 atom stereocenters. The van der Waals surface area contributed by atoms with E-state index in [1.165, 1.54) is 11.8 Å². The largest absolute Gasteiger partial charge is 0.376 e. The third kappa shape index (κ3) is 4.36. The van der Waals surface area contributed by atoms with E-state index in [-0.39, 0.29) is 24.3 Å². The van der Waals surface area contributed by atoms with Gasteiger partial charge in [0, 0.05) is 18.7 Å². The van der Waals surface area contributed by atoms with Crippen molar-refractivity contribution < 1.29 is 14.3 Å². The van der Waals surface area contributed by atoms with Crippen LogP contribution in [0.15, 0.2) is 29.3 Å². The topological polar surface area (TPSA) is 79.8 Å². The maximum absolute atomic E-state index is 12.2. The number of thioether (sulfide) groups is 1. The van der Waals surface area contributed by atoms with Crippen LogP contribution in [-0.2, 0) is 14.3 Å². The molecule has 3 rings (SSSR count). The minimum absolute atomic E-state index is 0.129. The van der Waals surface area contributed by atoms with E-state index in [0.29, 0.717) is 11.7 Å². The summed E-state index contributed by atoms with van der Waals surface area (Å²) in [6.07, 6.45) is 2.36. The summed E-state index contributed by atoms with van der Waals surface area (Å²) in [5, 5.41) is 5.76. The van der Waals surface area contributed by atoms with Crippen LogP contribution >= 0.6 is 11.8 Å². The number of carbonyl (C=O) groups excluding carboxylic acids is 2. The molecule has 2 amide bonds. The molecule has 6 nitrogen and oxygen atoms in total. The highest BCUT2D eigenvalue weighted by molar-refractivity contribution is 8.15. The molecule has 2 aliphatic rings. The van der Waals surface area contributed by atoms with Crippen molar-refractivity contribution in [2.45, 2.75) is 37.5 Å². The van der Waals surface area contributed by atoms with Gasteiger partial charge in [0.15, 0.2) is 5.17 Å². The highest BCUT2D eigenvalue weighted by Gasteiger charge is 2.32. The Bertz CT molecular complexity index is 656. The highest BCUT2D eigenvalue weighted by Crippen LogP contribution is 2.24. The van der Waals surface area contributed by atoms with Crippen molar-refractivity contribution >= 4 is 34.4 Å². The van der Waals surface area contributed by atoms with Gasteiger partial charge in [-0.3, -0.25) is 14.6 Å². The predicted octanol–water partition coefficient (Wildman–Crippen LogP) is 2.09. The average Bonchev–Trinajstić information content (AvgIpc) is 3.18. The number of nitrogens with zero attached hydrogens (tertiary/aromatic N) is 1. The third-order valence-electron chi connectivity index (χ3n) is 4.03. The van der Waals surface area contributed by atoms with Gasteiger partial charge in [-0.05, 0) is 31.4 Å². The zero-order chi connectivity index (χ0) is 16.9. The lowest BCUT2D eigenvalue weighted by atomic mass is 10.2. The van der Waals surface area contributed by atoms with E-state index in [1.807, 2.05) is 31.2 Å². The molecule has 2 aliphatic heterocycles. The van der Waals surface area contributed by atoms with Gasteiger partial charge < -0.3 is 15.4 Å². The number of hydrogen-bond donors (Lipinski definition) is 2. The van der Waals surface area contributed by atoms with Crippen molar-refractivity contribution in [2.75, 3.05) is 18.5 Å². The van der Waals surface area contributed by atoms with Gasteiger partial charge in [0.1, 0.15) is 5.25 Å². The second-order valence-electron chi connectivity index (χ2n) is 5.94. The van der Waals surface area contributed by atoms with E-state index in [4.69, 9.17) is 4.74 Å². The number of aryl methyl sites for hydroxylation is 1. The van der Waals surface area contributed by atoms with E-state index in [9.17, 15) is 9.59 Å². The van der Waals surface area contributed by atoms with Gasteiger partial charge in [-0.2, -0.15) is 0 Å². The van der Waals surface area contributed by atoms with Crippen LogP contribution in [0, 0.1) is 6.92 Å². The lowest BCUT2D eigenvalue weighted by Gasteiger charge is -2.09. The van der Waals surface area contributed by atoms with Gasteiger partial charge in [-0.1, -0.05) is 30.0 Å². The number of amidine groups is 1. The molecule has 1 aromatic carbocycles. The summed E-state index contributed by atoms with van der Waals surface area (Å²) < 4.78 is 5.52. The summed E-state index contributed by atoms with van der Waals surface area (Å²) in [4.78, 5) is 28.6. The maximum Gasteiger partial charge on any atom is 0.240 e. The van der Waals surface area contributed by atoms with Gasteiger partial charge >= 0.3 is 0 Å². The Morgan fingerprint density at radius 3 is 3.04 bits per heavy atom. The monoisotopic (exact) mass is 347 g/mol. The molecule has 1 aromatic rings. The van der Waals surface area contributed by atoms with Crippen molar-refractivity contribution in [2.24, 2.45) is 4.99 Å². The summed E-state index contributed by atoms with van der Waals surface area (Å²) in [6, 6.07) is 7.57. The summed E-state index contributed by atoms with van der Waals surface area (Å²) in [6.45, 7) is 3.28. The van der Waals surface area contributed by atoms with E-state index >= 15 is 0 Å². The fraction of sp³-hybridized carbons (Fsp3) is 0.471. The smallest absolute Gasteiger partial charge is 0.240 e. The summed E-state index contributed by atoms with van der Waals surface area (Å²) >= 11 is 1.32. The quantitative estimate of drug-likeness (QED) is 0.855. The second kappa shape index (κ2) is 7.81. The molecular formula is C17H21N3O3S. The summed E-state index contributed by atoms with van der Waals surface area (Å²) in [5.74, 6) is -0.330. The molecule has 2 N–H and O–H groups in total. The number of benzene rings is 1. The molecule has 128 valence electrons. The van der Waals surface area contributed by atoms with E-state index < -0.39 is 5.25 Å². The molecule has 0 unspecified atom stereocenters. The number of aliphatic imine (C=N–C) groups is 1. The first kappa shape index (κ1) is 17.0. The number of para-hydroxylation sites is 1. The number of hydrogen-bond acceptors (Lipinski definition) is 5. The number of carbonyl (C=O) groups is 2. The van der Waals surface area contributed by atoms with Gasteiger partial charge in [0.05, 0.1) is 12.6 Å². The first-order valence-corrected chi connectivity index (χ1v) is 8.99. The van der Waals surface area contributed by atoms with Crippen LogP contribution in [0.3, 0.4) is 0 Å². The van der Waals surface area contributed by atoms with Gasteiger partial charge in [-0.25, -0.2) is 0 Å². The van der Waals surface area contributed by atoms with Crippen LogP contribution in [0.1, 0.15) is 24.8 Å². The number of nitrogens with one attached hydrogen (secondary N) is 2. The Labute approximate surface area is 145 Å². The van der Waals surface area contributed by atoms with Crippen molar-refractivity contribution in [3.8, 4) is 0 Å². The minimum Gasteiger partial charge on any atom is -0.376 e. The van der Waals surface area contributed by atoms with Crippen LogP contribution in [0.5, 0.6) is 0 Å². The van der Waals surface area contributed by atoms with Crippen molar-refractivity contribution in [1.82, 2.24) is 5.32 Å². The molecule has 0 radical (unpaired) electrons. The first-order chi connectivity index (χ1) is 11.6. The lowest BCUT2D eigenvalue weighted by Crippen LogP contribution is -2.28. The molecule has 0 bridgehead atoms. The molecule has 24 heavy (non-hydrogen) atoms. The fourth-order valence-corrected chi connectivity index (χ4v) is 3.65. The van der Waals surface area contributed by atoms with Crippen LogP contribution in [0.25, 0.3) is 0 Å². The Hall–Kier alpha value is -1.86. The van der Waals surface area contributed by atoms with Crippen molar-refractivity contribution in [3.05, 3.63) is 29.8 Å². The van der Waals surface area contributed by atoms with Crippen molar-refractivity contribution in [3.63, 3.8) is 0 Å². The standard InChI is InChI=1S/C17H21N3O3S/c1-11-5-2-3-7-13(11)19-15(21)9-14-16(22)20-17(24-14)18-10-12-6-4-8-23-12/h2-3,5,7,12,14H,4,6,8-10H2,1H3,(H,19,21)(H,18,20,22)/t12-,14+/m0/s1. The minimum atomic E-state index is -0.433. The van der Waals surface area contributed by atoms with Gasteiger partial charge in [0.2, 0.25) is 11.8 Å². The predicted molar refractivity (Wildman–Crippen MR) is 95.2 cm³/mol. The zero-order valence-corrected chi connectivity index (χ0v) is 14.4. The SMILES string of the molecule is Cc1ccccc1NC(=O)C[C@H]1SC(=NC[C@@H]2CCCO2)NC1=O. The second-order valence-corrected chi connectivity index (χ2v) is 7.14. The molecule has 2 heterocycles. The molecule has 2 saturated heterocycles. The van der Waals surface area contributed by atoms with Crippen LogP contribution < -0.4 is 10.6 Å². The maximum atomic E-state index is 12.2. The average molecular weight is 347 g/mol. The van der Waals surface area contributed by atoms with Crippen molar-refractivity contribution in [1.29, 1.82) is 0 Å². The molecule has 0 aliphatic carbocycles. The van der Waals surface area contributed by atoms with E-state index in [1.54, 1.807) is 0 Å². The molecule has 0 spiro atoms. The Kier molecular flexibility index (Phi) is 5.52. The lowest BCUT2D eigenvalue weighted by molar-refractivity contribution is -0.122. The van der Waals surface area contributed by atoms with Crippen LogP contribution in [-0.4, -0.2) is 41.5 Å². The first-order valence-electron chi connectivity index (χ1n) is 8.11. The van der Waals surface area contributed by atoms with Crippen LogP contribution in [0.2, 0.25) is 0 Å². The Balaban J connectivity index is 1.51.